The van der Waals surface area contributed by atoms with Gasteiger partial charge in [0.15, 0.2) is 5.82 Å². The average Bonchev–Trinajstić information content (AvgIpc) is 3.31. The summed E-state index contributed by atoms with van der Waals surface area (Å²) in [6.45, 7) is 3.29. The molecule has 0 unspecified atom stereocenters. The van der Waals surface area contributed by atoms with Gasteiger partial charge in [0.05, 0.1) is 16.6 Å². The lowest BCUT2D eigenvalue weighted by atomic mass is 9.81. The Balaban J connectivity index is 1.57. The maximum Gasteiger partial charge on any atom is 0.183 e. The maximum absolute atomic E-state index is 4.51. The van der Waals surface area contributed by atoms with E-state index >= 15 is 0 Å². The van der Waals surface area contributed by atoms with Crippen LogP contribution in [0, 0.1) is 0 Å². The highest BCUT2D eigenvalue weighted by atomic mass is 15.2. The van der Waals surface area contributed by atoms with Gasteiger partial charge in [0.1, 0.15) is 12.0 Å². The predicted octanol–water partition coefficient (Wildman–Crippen LogP) is 2.46. The fourth-order valence-electron chi connectivity index (χ4n) is 4.53. The van der Waals surface area contributed by atoms with Crippen molar-refractivity contribution < 1.29 is 0 Å². The van der Waals surface area contributed by atoms with Crippen LogP contribution in [0.1, 0.15) is 32.1 Å². The summed E-state index contributed by atoms with van der Waals surface area (Å²) in [5, 5.41) is 12.0. The number of aromatic amines is 2. The monoisotopic (exact) mass is 337 g/mol. The van der Waals surface area contributed by atoms with E-state index in [0.717, 1.165) is 36.2 Å². The lowest BCUT2D eigenvalue weighted by Crippen LogP contribution is -2.59. The van der Waals surface area contributed by atoms with Gasteiger partial charge in [0.2, 0.25) is 0 Å². The van der Waals surface area contributed by atoms with Crippen molar-refractivity contribution in [2.75, 3.05) is 24.5 Å². The Labute approximate surface area is 146 Å². The van der Waals surface area contributed by atoms with Crippen LogP contribution in [0.4, 0.5) is 5.69 Å². The van der Waals surface area contributed by atoms with Crippen molar-refractivity contribution in [1.29, 1.82) is 0 Å². The molecule has 1 spiro atoms. The molecule has 2 fully saturated rings. The SMILES string of the molecule is c1cc(N2CCC[C@@]3(CCCCN3)C2)c2c(-c3nc[nH]n3)c[nH]c2n1. The van der Waals surface area contributed by atoms with E-state index in [9.17, 15) is 0 Å². The van der Waals surface area contributed by atoms with Crippen molar-refractivity contribution in [3.63, 3.8) is 0 Å². The van der Waals surface area contributed by atoms with Crippen LogP contribution in [0.3, 0.4) is 0 Å². The third kappa shape index (κ3) is 2.50. The first-order valence-corrected chi connectivity index (χ1v) is 9.17. The molecule has 5 rings (SSSR count). The number of hydrogen-bond donors (Lipinski definition) is 3. The minimum Gasteiger partial charge on any atom is -0.369 e. The minimum absolute atomic E-state index is 0.271. The number of piperidine rings is 2. The highest BCUT2D eigenvalue weighted by Gasteiger charge is 2.37. The Bertz CT molecular complexity index is 855. The zero-order valence-electron chi connectivity index (χ0n) is 14.3. The zero-order valence-corrected chi connectivity index (χ0v) is 14.3. The molecule has 3 aromatic rings. The number of anilines is 1. The van der Waals surface area contributed by atoms with Gasteiger partial charge >= 0.3 is 0 Å². The molecule has 2 saturated heterocycles. The first-order valence-electron chi connectivity index (χ1n) is 9.17. The molecule has 3 N–H and O–H groups in total. The van der Waals surface area contributed by atoms with Crippen molar-refractivity contribution in [2.45, 2.75) is 37.6 Å². The molecule has 2 aliphatic heterocycles. The summed E-state index contributed by atoms with van der Waals surface area (Å²) < 4.78 is 0. The van der Waals surface area contributed by atoms with E-state index in [4.69, 9.17) is 0 Å². The number of fused-ring (bicyclic) bond motifs is 1. The van der Waals surface area contributed by atoms with Crippen molar-refractivity contribution in [3.8, 4) is 11.4 Å². The van der Waals surface area contributed by atoms with Gasteiger partial charge in [0.25, 0.3) is 0 Å². The van der Waals surface area contributed by atoms with Crippen molar-refractivity contribution in [1.82, 2.24) is 30.5 Å². The molecule has 0 amide bonds. The number of H-pyrrole nitrogens is 2. The molecule has 1 atom stereocenters. The fourth-order valence-corrected chi connectivity index (χ4v) is 4.53. The van der Waals surface area contributed by atoms with E-state index in [1.807, 2.05) is 12.4 Å². The molecule has 2 aliphatic rings. The quantitative estimate of drug-likeness (QED) is 0.669. The van der Waals surface area contributed by atoms with Gasteiger partial charge in [-0.2, -0.15) is 5.10 Å². The molecule has 25 heavy (non-hydrogen) atoms. The minimum atomic E-state index is 0.271. The number of pyridine rings is 1. The lowest BCUT2D eigenvalue weighted by molar-refractivity contribution is 0.216. The molecule has 0 radical (unpaired) electrons. The van der Waals surface area contributed by atoms with E-state index in [1.165, 1.54) is 37.8 Å². The summed E-state index contributed by atoms with van der Waals surface area (Å²) in [5.41, 5.74) is 3.41. The van der Waals surface area contributed by atoms with Crippen LogP contribution < -0.4 is 10.2 Å². The largest absolute Gasteiger partial charge is 0.369 e. The zero-order chi connectivity index (χ0) is 16.7. The predicted molar refractivity (Wildman–Crippen MR) is 97.5 cm³/mol. The molecule has 5 heterocycles. The average molecular weight is 337 g/mol. The van der Waals surface area contributed by atoms with Crippen LogP contribution in [0.5, 0.6) is 0 Å². The van der Waals surface area contributed by atoms with Crippen LogP contribution in [0.25, 0.3) is 22.4 Å². The first-order chi connectivity index (χ1) is 12.3. The van der Waals surface area contributed by atoms with Crippen LogP contribution in [-0.2, 0) is 0 Å². The standard InChI is InChI=1S/C18H23N7/c1-2-7-22-18(5-1)6-3-9-25(11-18)14-4-8-19-17-15(14)13(10-20-17)16-21-12-23-24-16/h4,8,10,12,22H,1-3,5-7,9,11H2,(H,19,20)(H,21,23,24)/t18-/m0/s1. The second kappa shape index (κ2) is 5.84. The Hall–Kier alpha value is -2.41. The van der Waals surface area contributed by atoms with E-state index < -0.39 is 0 Å². The highest BCUT2D eigenvalue weighted by Crippen LogP contribution is 2.37. The second-order valence-electron chi connectivity index (χ2n) is 7.27. The summed E-state index contributed by atoms with van der Waals surface area (Å²) in [4.78, 5) is 14.6. The van der Waals surface area contributed by atoms with Gasteiger partial charge in [0, 0.05) is 31.0 Å². The third-order valence-corrected chi connectivity index (χ3v) is 5.71. The molecule has 0 bridgehead atoms. The Morgan fingerprint density at radius 2 is 2.08 bits per heavy atom. The molecule has 3 aromatic heterocycles. The summed E-state index contributed by atoms with van der Waals surface area (Å²) in [6.07, 6.45) is 11.9. The summed E-state index contributed by atoms with van der Waals surface area (Å²) in [5.74, 6) is 0.711. The van der Waals surface area contributed by atoms with Crippen molar-refractivity contribution in [2.24, 2.45) is 0 Å². The van der Waals surface area contributed by atoms with Crippen LogP contribution in [0.15, 0.2) is 24.8 Å². The van der Waals surface area contributed by atoms with Crippen LogP contribution >= 0.6 is 0 Å². The number of rotatable bonds is 2. The van der Waals surface area contributed by atoms with E-state index in [0.29, 0.717) is 5.82 Å². The van der Waals surface area contributed by atoms with Gasteiger partial charge in [-0.05, 0) is 38.3 Å². The van der Waals surface area contributed by atoms with Gasteiger partial charge < -0.3 is 15.2 Å². The molecule has 0 aromatic carbocycles. The van der Waals surface area contributed by atoms with Gasteiger partial charge in [-0.15, -0.1) is 0 Å². The van der Waals surface area contributed by atoms with E-state index in [-0.39, 0.29) is 5.54 Å². The maximum atomic E-state index is 4.51. The highest BCUT2D eigenvalue weighted by molar-refractivity contribution is 6.01. The Morgan fingerprint density at radius 3 is 2.92 bits per heavy atom. The number of nitrogens with zero attached hydrogens (tertiary/aromatic N) is 4. The number of hydrogen-bond acceptors (Lipinski definition) is 5. The van der Waals surface area contributed by atoms with Gasteiger partial charge in [-0.1, -0.05) is 6.42 Å². The van der Waals surface area contributed by atoms with Crippen molar-refractivity contribution in [3.05, 3.63) is 24.8 Å². The van der Waals surface area contributed by atoms with E-state index in [1.54, 1.807) is 6.33 Å². The second-order valence-corrected chi connectivity index (χ2v) is 7.27. The summed E-state index contributed by atoms with van der Waals surface area (Å²) in [7, 11) is 0. The van der Waals surface area contributed by atoms with Gasteiger partial charge in [-0.25, -0.2) is 9.97 Å². The lowest BCUT2D eigenvalue weighted by Gasteiger charge is -2.47. The molecular weight excluding hydrogens is 314 g/mol. The molecule has 0 aliphatic carbocycles. The van der Waals surface area contributed by atoms with Crippen LogP contribution in [0.2, 0.25) is 0 Å². The number of aromatic nitrogens is 5. The summed E-state index contributed by atoms with van der Waals surface area (Å²) >= 11 is 0. The molecule has 7 heteroatoms. The smallest absolute Gasteiger partial charge is 0.183 e. The molecular formula is C18H23N7. The topological polar surface area (TPSA) is 85.5 Å². The Morgan fingerprint density at radius 1 is 1.12 bits per heavy atom. The first kappa shape index (κ1) is 14.9. The summed E-state index contributed by atoms with van der Waals surface area (Å²) in [6, 6.07) is 2.13. The normalized spacial score (nSPS) is 24.2. The van der Waals surface area contributed by atoms with Crippen molar-refractivity contribution >= 4 is 16.7 Å². The molecule has 130 valence electrons. The Kier molecular flexibility index (Phi) is 3.48. The molecule has 7 nitrogen and oxygen atoms in total. The fraction of sp³-hybridized carbons (Fsp3) is 0.500. The van der Waals surface area contributed by atoms with E-state index in [2.05, 4.69) is 41.4 Å². The number of nitrogens with one attached hydrogen (secondary N) is 3. The van der Waals surface area contributed by atoms with Gasteiger partial charge in [-0.3, -0.25) is 5.10 Å². The van der Waals surface area contributed by atoms with Crippen LogP contribution in [-0.4, -0.2) is 50.3 Å². The molecule has 0 saturated carbocycles. The third-order valence-electron chi connectivity index (χ3n) is 5.71.